The second-order valence-corrected chi connectivity index (χ2v) is 5.25. The number of hydrogen-bond acceptors (Lipinski definition) is 2. The Morgan fingerprint density at radius 3 is 2.72 bits per heavy atom. The molecule has 0 atom stereocenters. The van der Waals surface area contributed by atoms with Crippen LogP contribution in [0.2, 0.25) is 0 Å². The summed E-state index contributed by atoms with van der Waals surface area (Å²) < 4.78 is 2.22. The van der Waals surface area contributed by atoms with Crippen molar-refractivity contribution in [2.75, 3.05) is 18.1 Å². The zero-order chi connectivity index (χ0) is 12.5. The summed E-state index contributed by atoms with van der Waals surface area (Å²) in [6, 6.07) is 6.43. The third kappa shape index (κ3) is 1.97. The monoisotopic (exact) mass is 263 g/mol. The van der Waals surface area contributed by atoms with E-state index in [9.17, 15) is 0 Å². The minimum absolute atomic E-state index is 0.463. The van der Waals surface area contributed by atoms with Crippen molar-refractivity contribution in [3.8, 4) is 0 Å². The van der Waals surface area contributed by atoms with Gasteiger partial charge in [0.05, 0.1) is 16.9 Å². The number of aromatic nitrogens is 2. The van der Waals surface area contributed by atoms with Crippen LogP contribution in [0, 0.1) is 6.92 Å². The van der Waals surface area contributed by atoms with E-state index in [-0.39, 0.29) is 0 Å². The highest BCUT2D eigenvalue weighted by Crippen LogP contribution is 2.21. The number of piperidine rings is 1. The molecule has 96 valence electrons. The first kappa shape index (κ1) is 11.8. The van der Waals surface area contributed by atoms with E-state index in [4.69, 9.17) is 11.6 Å². The van der Waals surface area contributed by atoms with Crippen molar-refractivity contribution in [3.05, 3.63) is 29.6 Å². The van der Waals surface area contributed by atoms with Crippen LogP contribution in [0.25, 0.3) is 11.0 Å². The molecule has 4 heteroatoms. The molecular weight excluding hydrogens is 246 g/mol. The summed E-state index contributed by atoms with van der Waals surface area (Å²) in [5, 5.41) is 2.38. The lowest BCUT2D eigenvalue weighted by Gasteiger charge is -2.31. The van der Waals surface area contributed by atoms with Gasteiger partial charge in [0.25, 0.3) is 0 Å². The molecule has 3 nitrogen and oxygen atoms in total. The average Bonchev–Trinajstić information content (AvgIpc) is 2.77. The fraction of sp³-hybridized carbons (Fsp3) is 0.500. The highest BCUT2D eigenvalue weighted by atomic mass is 35.5. The van der Waals surface area contributed by atoms with Crippen LogP contribution in [0.3, 0.4) is 0 Å². The zero-order valence-electron chi connectivity index (χ0n) is 10.7. The van der Waals surface area contributed by atoms with Gasteiger partial charge in [0.15, 0.2) is 0 Å². The number of nitrogens with zero attached hydrogens (tertiary/aromatic N) is 3. The highest BCUT2D eigenvalue weighted by Gasteiger charge is 2.17. The van der Waals surface area contributed by atoms with Gasteiger partial charge in [0.1, 0.15) is 5.82 Å². The second-order valence-electron chi connectivity index (χ2n) is 4.98. The number of halogens is 1. The summed E-state index contributed by atoms with van der Waals surface area (Å²) in [7, 11) is 0. The fourth-order valence-electron chi connectivity index (χ4n) is 2.71. The van der Waals surface area contributed by atoms with E-state index in [2.05, 4.69) is 39.8 Å². The summed E-state index contributed by atoms with van der Waals surface area (Å²) in [6.07, 6.45) is 3.85. The predicted octanol–water partition coefficient (Wildman–Crippen LogP) is 3.21. The Kier molecular flexibility index (Phi) is 3.16. The van der Waals surface area contributed by atoms with E-state index >= 15 is 0 Å². The molecule has 2 aromatic rings. The quantitative estimate of drug-likeness (QED) is 0.776. The maximum atomic E-state index is 6.05. The van der Waals surface area contributed by atoms with Gasteiger partial charge in [-0.2, -0.15) is 0 Å². The lowest BCUT2D eigenvalue weighted by Crippen LogP contribution is -2.39. The minimum atomic E-state index is 0.463. The Morgan fingerprint density at radius 2 is 2.00 bits per heavy atom. The number of hydrogen-bond donors (Lipinski definition) is 0. The maximum absolute atomic E-state index is 6.05. The summed E-state index contributed by atoms with van der Waals surface area (Å²) in [6.45, 7) is 4.30. The molecule has 0 unspecified atom stereocenters. The first-order valence-corrected chi connectivity index (χ1v) is 7.12. The standard InChI is InChI=1S/C14H18ClN3/c1-11-5-6-13-12(9-11)16-14(10-15)18(13)17-7-3-2-4-8-17/h5-6,9H,2-4,7-8,10H2,1H3. The van der Waals surface area contributed by atoms with E-state index < -0.39 is 0 Å². The van der Waals surface area contributed by atoms with Crippen molar-refractivity contribution < 1.29 is 0 Å². The first-order chi connectivity index (χ1) is 8.79. The number of imidazole rings is 1. The van der Waals surface area contributed by atoms with Crippen LogP contribution < -0.4 is 5.01 Å². The molecule has 1 saturated heterocycles. The van der Waals surface area contributed by atoms with Crippen molar-refractivity contribution >= 4 is 22.6 Å². The molecule has 0 radical (unpaired) electrons. The van der Waals surface area contributed by atoms with Crippen molar-refractivity contribution in [2.45, 2.75) is 32.1 Å². The molecule has 1 aliphatic heterocycles. The molecule has 0 aliphatic carbocycles. The first-order valence-electron chi connectivity index (χ1n) is 6.59. The highest BCUT2D eigenvalue weighted by molar-refractivity contribution is 6.16. The molecule has 1 aliphatic rings. The van der Waals surface area contributed by atoms with Gasteiger partial charge in [-0.05, 0) is 43.9 Å². The lowest BCUT2D eigenvalue weighted by atomic mass is 10.2. The number of alkyl halides is 1. The molecule has 0 amide bonds. The molecular formula is C14H18ClN3. The van der Waals surface area contributed by atoms with Crippen LogP contribution in [0.1, 0.15) is 30.7 Å². The molecule has 0 bridgehead atoms. The molecule has 1 fully saturated rings. The van der Waals surface area contributed by atoms with Gasteiger partial charge in [-0.25, -0.2) is 9.66 Å². The Labute approximate surface area is 112 Å². The van der Waals surface area contributed by atoms with Gasteiger partial charge in [0, 0.05) is 13.1 Å². The third-order valence-corrected chi connectivity index (χ3v) is 3.83. The molecule has 3 rings (SSSR count). The number of rotatable bonds is 2. The van der Waals surface area contributed by atoms with Crippen LogP contribution >= 0.6 is 11.6 Å². The third-order valence-electron chi connectivity index (χ3n) is 3.59. The van der Waals surface area contributed by atoms with Crippen LogP contribution in [-0.2, 0) is 5.88 Å². The number of benzene rings is 1. The Morgan fingerprint density at radius 1 is 1.22 bits per heavy atom. The second kappa shape index (κ2) is 4.81. The summed E-state index contributed by atoms with van der Waals surface area (Å²) in [5.41, 5.74) is 3.47. The Bertz CT molecular complexity index is 555. The van der Waals surface area contributed by atoms with Gasteiger partial charge >= 0.3 is 0 Å². The normalized spacial score (nSPS) is 16.4. The van der Waals surface area contributed by atoms with Gasteiger partial charge in [-0.3, -0.25) is 0 Å². The molecule has 0 N–H and O–H groups in total. The summed E-state index contributed by atoms with van der Waals surface area (Å²) in [5.74, 6) is 1.42. The molecule has 0 saturated carbocycles. The zero-order valence-corrected chi connectivity index (χ0v) is 11.5. The predicted molar refractivity (Wildman–Crippen MR) is 75.8 cm³/mol. The van der Waals surface area contributed by atoms with Crippen molar-refractivity contribution in [1.29, 1.82) is 0 Å². The Balaban J connectivity index is 2.12. The molecule has 18 heavy (non-hydrogen) atoms. The van der Waals surface area contributed by atoms with Gasteiger partial charge in [-0.1, -0.05) is 6.07 Å². The van der Waals surface area contributed by atoms with Crippen molar-refractivity contribution in [2.24, 2.45) is 0 Å². The van der Waals surface area contributed by atoms with Gasteiger partial charge < -0.3 is 5.01 Å². The van der Waals surface area contributed by atoms with Crippen LogP contribution in [0.4, 0.5) is 0 Å². The minimum Gasteiger partial charge on any atom is -0.311 e. The molecule has 1 aromatic carbocycles. The lowest BCUT2D eigenvalue weighted by molar-refractivity contribution is 0.478. The number of aryl methyl sites for hydroxylation is 1. The molecule has 0 spiro atoms. The van der Waals surface area contributed by atoms with Crippen LogP contribution in [-0.4, -0.2) is 22.7 Å². The van der Waals surface area contributed by atoms with E-state index in [1.165, 1.54) is 30.3 Å². The van der Waals surface area contributed by atoms with Crippen molar-refractivity contribution in [3.63, 3.8) is 0 Å². The fourth-order valence-corrected chi connectivity index (χ4v) is 2.88. The molecule has 1 aromatic heterocycles. The van der Waals surface area contributed by atoms with Crippen LogP contribution in [0.5, 0.6) is 0 Å². The number of fused-ring (bicyclic) bond motifs is 1. The van der Waals surface area contributed by atoms with E-state index in [0.29, 0.717) is 5.88 Å². The average molecular weight is 264 g/mol. The van der Waals surface area contributed by atoms with E-state index in [0.717, 1.165) is 24.4 Å². The SMILES string of the molecule is Cc1ccc2c(c1)nc(CCl)n2N1CCCCC1. The smallest absolute Gasteiger partial charge is 0.143 e. The summed E-state index contributed by atoms with van der Waals surface area (Å²) >= 11 is 6.05. The molecule has 2 heterocycles. The van der Waals surface area contributed by atoms with Crippen LogP contribution in [0.15, 0.2) is 18.2 Å². The van der Waals surface area contributed by atoms with Gasteiger partial charge in [0.2, 0.25) is 0 Å². The van der Waals surface area contributed by atoms with E-state index in [1.54, 1.807) is 0 Å². The topological polar surface area (TPSA) is 21.1 Å². The van der Waals surface area contributed by atoms with Gasteiger partial charge in [-0.15, -0.1) is 11.6 Å². The largest absolute Gasteiger partial charge is 0.311 e. The van der Waals surface area contributed by atoms with Crippen molar-refractivity contribution in [1.82, 2.24) is 9.66 Å². The summed E-state index contributed by atoms with van der Waals surface area (Å²) in [4.78, 5) is 4.66. The Hall–Kier alpha value is -1.22. The maximum Gasteiger partial charge on any atom is 0.143 e. The van der Waals surface area contributed by atoms with E-state index in [1.807, 2.05) is 0 Å².